The van der Waals surface area contributed by atoms with Crippen molar-refractivity contribution in [3.63, 3.8) is 0 Å². The number of non-ortho nitro benzene ring substituents is 1. The molecule has 0 amide bonds. The molecule has 0 spiro atoms. The molecule has 1 aliphatic heterocycles. The molecule has 1 aliphatic carbocycles. The normalized spacial score (nSPS) is 22.3. The Hall–Kier alpha value is -2.15. The zero-order chi connectivity index (χ0) is 17.6. The Morgan fingerprint density at radius 3 is 2.88 bits per heavy atom. The maximum atomic E-state index is 10.9. The Labute approximate surface area is 148 Å². The first-order valence-corrected chi connectivity index (χ1v) is 9.10. The summed E-state index contributed by atoms with van der Waals surface area (Å²) in [7, 11) is 1.76. The van der Waals surface area contributed by atoms with Crippen molar-refractivity contribution < 1.29 is 4.92 Å². The molecule has 3 rings (SSSR count). The van der Waals surface area contributed by atoms with Crippen LogP contribution < -0.4 is 10.6 Å². The first kappa shape index (κ1) is 17.7. The van der Waals surface area contributed by atoms with Gasteiger partial charge in [0.05, 0.1) is 4.92 Å². The molecule has 7 heteroatoms. The van der Waals surface area contributed by atoms with Gasteiger partial charge in [-0.3, -0.25) is 20.0 Å². The monoisotopic (exact) mass is 345 g/mol. The fourth-order valence-electron chi connectivity index (χ4n) is 3.86. The van der Waals surface area contributed by atoms with E-state index in [-0.39, 0.29) is 10.6 Å². The molecule has 1 atom stereocenters. The highest BCUT2D eigenvalue weighted by Gasteiger charge is 2.30. The second kappa shape index (κ2) is 8.29. The lowest BCUT2D eigenvalue weighted by molar-refractivity contribution is -0.384. The lowest BCUT2D eigenvalue weighted by Crippen LogP contribution is -2.45. The van der Waals surface area contributed by atoms with Gasteiger partial charge in [-0.05, 0) is 24.8 Å². The van der Waals surface area contributed by atoms with Gasteiger partial charge >= 0.3 is 0 Å². The minimum atomic E-state index is -0.368. The third kappa shape index (κ3) is 4.69. The Bertz CT molecular complexity index is 628. The molecule has 1 heterocycles. The quantitative estimate of drug-likeness (QED) is 0.370. The van der Waals surface area contributed by atoms with Gasteiger partial charge < -0.3 is 10.6 Å². The molecule has 2 aliphatic rings. The molecule has 2 N–H and O–H groups in total. The molecule has 1 aromatic carbocycles. The minimum Gasteiger partial charge on any atom is -0.352 e. The Morgan fingerprint density at radius 1 is 1.36 bits per heavy atom. The van der Waals surface area contributed by atoms with Crippen LogP contribution >= 0.6 is 0 Å². The van der Waals surface area contributed by atoms with E-state index in [9.17, 15) is 10.1 Å². The Morgan fingerprint density at radius 2 is 2.16 bits per heavy atom. The molecule has 136 valence electrons. The summed E-state index contributed by atoms with van der Waals surface area (Å²) in [6, 6.07) is 7.88. The average Bonchev–Trinajstić information content (AvgIpc) is 3.30. The van der Waals surface area contributed by atoms with Crippen LogP contribution in [0.2, 0.25) is 0 Å². The third-order valence-corrected chi connectivity index (χ3v) is 5.21. The molecule has 1 saturated carbocycles. The second-order valence-corrected chi connectivity index (χ2v) is 6.92. The topological polar surface area (TPSA) is 82.8 Å². The molecule has 1 saturated heterocycles. The van der Waals surface area contributed by atoms with Gasteiger partial charge in [-0.2, -0.15) is 0 Å². The SMILES string of the molecule is CN=C(NCc1cccc([N+](=O)[O-])c1)NC1CCN(C2CCCC2)C1. The van der Waals surface area contributed by atoms with Gasteiger partial charge in [0, 0.05) is 50.9 Å². The van der Waals surface area contributed by atoms with Gasteiger partial charge in [-0.25, -0.2) is 0 Å². The van der Waals surface area contributed by atoms with Crippen molar-refractivity contribution in [2.75, 3.05) is 20.1 Å². The number of likely N-dealkylation sites (tertiary alicyclic amines) is 1. The maximum absolute atomic E-state index is 10.9. The number of nitrogens with one attached hydrogen (secondary N) is 2. The van der Waals surface area contributed by atoms with Crippen LogP contribution in [0, 0.1) is 10.1 Å². The van der Waals surface area contributed by atoms with Crippen molar-refractivity contribution in [3.8, 4) is 0 Å². The summed E-state index contributed by atoms with van der Waals surface area (Å²) in [6.07, 6.45) is 6.55. The van der Waals surface area contributed by atoms with Gasteiger partial charge in [-0.15, -0.1) is 0 Å². The van der Waals surface area contributed by atoms with Crippen LogP contribution in [-0.4, -0.2) is 48.0 Å². The number of hydrogen-bond donors (Lipinski definition) is 2. The number of nitrogens with zero attached hydrogens (tertiary/aromatic N) is 3. The van der Waals surface area contributed by atoms with Crippen LogP contribution in [0.25, 0.3) is 0 Å². The van der Waals surface area contributed by atoms with Crippen LogP contribution in [-0.2, 0) is 6.54 Å². The number of guanidine groups is 1. The highest BCUT2D eigenvalue weighted by Crippen LogP contribution is 2.26. The van der Waals surface area contributed by atoms with E-state index in [4.69, 9.17) is 0 Å². The van der Waals surface area contributed by atoms with Crippen molar-refractivity contribution >= 4 is 11.6 Å². The van der Waals surface area contributed by atoms with Crippen LogP contribution in [0.15, 0.2) is 29.3 Å². The van der Waals surface area contributed by atoms with Crippen molar-refractivity contribution in [2.24, 2.45) is 4.99 Å². The van der Waals surface area contributed by atoms with E-state index in [1.807, 2.05) is 6.07 Å². The number of hydrogen-bond acceptors (Lipinski definition) is 4. The molecule has 7 nitrogen and oxygen atoms in total. The zero-order valence-electron chi connectivity index (χ0n) is 14.8. The summed E-state index contributed by atoms with van der Waals surface area (Å²) in [4.78, 5) is 17.4. The molecule has 25 heavy (non-hydrogen) atoms. The first-order valence-electron chi connectivity index (χ1n) is 9.10. The van der Waals surface area contributed by atoms with E-state index >= 15 is 0 Å². The van der Waals surface area contributed by atoms with E-state index in [2.05, 4.69) is 20.5 Å². The van der Waals surface area contributed by atoms with Crippen molar-refractivity contribution in [3.05, 3.63) is 39.9 Å². The van der Waals surface area contributed by atoms with Crippen LogP contribution in [0.4, 0.5) is 5.69 Å². The Balaban J connectivity index is 1.48. The number of benzene rings is 1. The smallest absolute Gasteiger partial charge is 0.269 e. The predicted molar refractivity (Wildman–Crippen MR) is 98.7 cm³/mol. The van der Waals surface area contributed by atoms with Crippen molar-refractivity contribution in [1.82, 2.24) is 15.5 Å². The molecular formula is C18H27N5O2. The zero-order valence-corrected chi connectivity index (χ0v) is 14.8. The van der Waals surface area contributed by atoms with Crippen LogP contribution in [0.5, 0.6) is 0 Å². The second-order valence-electron chi connectivity index (χ2n) is 6.92. The van der Waals surface area contributed by atoms with Gasteiger partial charge in [0.25, 0.3) is 5.69 Å². The summed E-state index contributed by atoms with van der Waals surface area (Å²) in [5.74, 6) is 0.754. The van der Waals surface area contributed by atoms with E-state index in [1.54, 1.807) is 19.2 Å². The molecule has 0 aromatic heterocycles. The summed E-state index contributed by atoms with van der Waals surface area (Å²) >= 11 is 0. The highest BCUT2D eigenvalue weighted by molar-refractivity contribution is 5.80. The maximum Gasteiger partial charge on any atom is 0.269 e. The molecule has 1 aromatic rings. The van der Waals surface area contributed by atoms with Crippen molar-refractivity contribution in [2.45, 2.75) is 50.7 Å². The summed E-state index contributed by atoms with van der Waals surface area (Å²) in [6.45, 7) is 2.74. The third-order valence-electron chi connectivity index (χ3n) is 5.21. The first-order chi connectivity index (χ1) is 12.2. The van der Waals surface area contributed by atoms with Gasteiger partial charge in [0.15, 0.2) is 5.96 Å². The van der Waals surface area contributed by atoms with Crippen molar-refractivity contribution in [1.29, 1.82) is 0 Å². The summed E-state index contributed by atoms with van der Waals surface area (Å²) < 4.78 is 0. The summed E-state index contributed by atoms with van der Waals surface area (Å²) in [5, 5.41) is 17.6. The lowest BCUT2D eigenvalue weighted by atomic mass is 10.2. The molecule has 1 unspecified atom stereocenters. The highest BCUT2D eigenvalue weighted by atomic mass is 16.6. The lowest BCUT2D eigenvalue weighted by Gasteiger charge is -2.24. The minimum absolute atomic E-state index is 0.116. The molecular weight excluding hydrogens is 318 g/mol. The fraction of sp³-hybridized carbons (Fsp3) is 0.611. The van der Waals surface area contributed by atoms with Gasteiger partial charge in [0.1, 0.15) is 0 Å². The van der Waals surface area contributed by atoms with Crippen LogP contribution in [0.3, 0.4) is 0 Å². The molecule has 0 radical (unpaired) electrons. The Kier molecular flexibility index (Phi) is 5.86. The standard InChI is InChI=1S/C18H27N5O2/c1-19-18(20-12-14-5-4-8-17(11-14)23(24)25)21-15-9-10-22(13-15)16-6-2-3-7-16/h4-5,8,11,15-16H,2-3,6-7,9-10,12-13H2,1H3,(H2,19,20,21). The van der Waals surface area contributed by atoms with Crippen LogP contribution in [0.1, 0.15) is 37.7 Å². The van der Waals surface area contributed by atoms with E-state index in [1.165, 1.54) is 31.7 Å². The van der Waals surface area contributed by atoms with E-state index < -0.39 is 0 Å². The average molecular weight is 345 g/mol. The van der Waals surface area contributed by atoms with E-state index in [0.29, 0.717) is 12.6 Å². The summed E-state index contributed by atoms with van der Waals surface area (Å²) in [5.41, 5.74) is 0.987. The van der Waals surface area contributed by atoms with Gasteiger partial charge in [0.2, 0.25) is 0 Å². The number of aliphatic imine (C=N–C) groups is 1. The number of nitro benzene ring substituents is 1. The molecule has 0 bridgehead atoms. The van der Waals surface area contributed by atoms with Gasteiger partial charge in [-0.1, -0.05) is 25.0 Å². The number of rotatable bonds is 5. The fourth-order valence-corrected chi connectivity index (χ4v) is 3.86. The number of nitro groups is 1. The molecule has 2 fully saturated rings. The predicted octanol–water partition coefficient (Wildman–Crippen LogP) is 2.28. The van der Waals surface area contributed by atoms with E-state index in [0.717, 1.165) is 37.1 Å². The largest absolute Gasteiger partial charge is 0.352 e.